The molecule has 25 heavy (non-hydrogen) atoms. The number of hydrogen-bond donors (Lipinski definition) is 1. The van der Waals surface area contributed by atoms with Crippen molar-refractivity contribution < 1.29 is 14.4 Å². The molecule has 3 rings (SSSR count). The molecule has 6 nitrogen and oxygen atoms in total. The molecule has 2 aromatic carbocycles. The van der Waals surface area contributed by atoms with E-state index in [1.165, 1.54) is 6.21 Å². The highest BCUT2D eigenvalue weighted by Gasteiger charge is 2.40. The zero-order chi connectivity index (χ0) is 18.0. The monoisotopic (exact) mass is 419 g/mol. The minimum Gasteiger partial charge on any atom is -0.276 e. The first-order valence-corrected chi connectivity index (χ1v) is 8.37. The average Bonchev–Trinajstić information content (AvgIpc) is 2.57. The van der Waals surface area contributed by atoms with E-state index in [9.17, 15) is 14.4 Å². The Kier molecular flexibility index (Phi) is 4.96. The van der Waals surface area contributed by atoms with E-state index in [4.69, 9.17) is 11.6 Å². The molecule has 0 radical (unpaired) electrons. The van der Waals surface area contributed by atoms with Gasteiger partial charge in [0, 0.05) is 15.7 Å². The molecular weight excluding hydrogens is 410 g/mol. The lowest BCUT2D eigenvalue weighted by molar-refractivity contribution is -0.131. The van der Waals surface area contributed by atoms with E-state index in [0.29, 0.717) is 16.4 Å². The van der Waals surface area contributed by atoms with Crippen LogP contribution in [-0.4, -0.2) is 24.1 Å². The van der Waals surface area contributed by atoms with Gasteiger partial charge in [-0.25, -0.2) is 9.69 Å². The van der Waals surface area contributed by atoms with Crippen LogP contribution in [0.1, 0.15) is 0 Å². The smallest absolute Gasteiger partial charge is 0.276 e. The van der Waals surface area contributed by atoms with Crippen LogP contribution in [0.2, 0.25) is 5.02 Å². The first kappa shape index (κ1) is 17.3. The Morgan fingerprint density at radius 2 is 1.68 bits per heavy atom. The molecule has 2 aromatic rings. The lowest BCUT2D eigenvalue weighted by Gasteiger charge is -2.28. The minimum absolute atomic E-state index is 0.364. The van der Waals surface area contributed by atoms with E-state index in [1.54, 1.807) is 48.5 Å². The summed E-state index contributed by atoms with van der Waals surface area (Å²) in [6.45, 7) is 0. The third kappa shape index (κ3) is 3.78. The predicted molar refractivity (Wildman–Crippen MR) is 98.3 cm³/mol. The van der Waals surface area contributed by atoms with Crippen molar-refractivity contribution in [3.05, 3.63) is 58.0 Å². The van der Waals surface area contributed by atoms with Crippen LogP contribution in [0.25, 0.3) is 0 Å². The second-order valence-corrected chi connectivity index (χ2v) is 6.53. The van der Waals surface area contributed by atoms with Crippen molar-refractivity contribution in [3.63, 3.8) is 0 Å². The van der Waals surface area contributed by atoms with Crippen molar-refractivity contribution in [2.45, 2.75) is 0 Å². The molecule has 1 N–H and O–H groups in total. The standard InChI is InChI=1S/C17H11BrClN3O3/c18-10-1-7-13(8-2-10)22-16(24)14(15(23)21-17(22)25)9-20-12-5-3-11(19)4-6-12/h1-9,14H,(H,21,23,25)/t14-/m1/s1. The van der Waals surface area contributed by atoms with Gasteiger partial charge in [0.15, 0.2) is 5.92 Å². The fraction of sp³-hybridized carbons (Fsp3) is 0.0588. The third-order valence-corrected chi connectivity index (χ3v) is 4.27. The number of carbonyl (C=O) groups is 3. The Hall–Kier alpha value is -2.51. The quantitative estimate of drug-likeness (QED) is 0.607. The van der Waals surface area contributed by atoms with Crippen molar-refractivity contribution in [2.24, 2.45) is 10.9 Å². The van der Waals surface area contributed by atoms with Gasteiger partial charge in [0.2, 0.25) is 5.91 Å². The maximum Gasteiger partial charge on any atom is 0.335 e. The summed E-state index contributed by atoms with van der Waals surface area (Å²) in [6, 6.07) is 12.4. The molecule has 0 saturated carbocycles. The van der Waals surface area contributed by atoms with Gasteiger partial charge >= 0.3 is 6.03 Å². The van der Waals surface area contributed by atoms with Gasteiger partial charge in [0.1, 0.15) is 0 Å². The van der Waals surface area contributed by atoms with E-state index >= 15 is 0 Å². The Balaban J connectivity index is 1.87. The summed E-state index contributed by atoms with van der Waals surface area (Å²) in [6.07, 6.45) is 1.22. The number of urea groups is 1. The van der Waals surface area contributed by atoms with Crippen LogP contribution in [-0.2, 0) is 9.59 Å². The maximum atomic E-state index is 12.6. The first-order valence-electron chi connectivity index (χ1n) is 7.20. The Morgan fingerprint density at radius 3 is 2.32 bits per heavy atom. The highest BCUT2D eigenvalue weighted by Crippen LogP contribution is 2.23. The highest BCUT2D eigenvalue weighted by atomic mass is 79.9. The summed E-state index contributed by atoms with van der Waals surface area (Å²) in [4.78, 5) is 41.8. The van der Waals surface area contributed by atoms with E-state index in [0.717, 1.165) is 9.37 Å². The predicted octanol–water partition coefficient (Wildman–Crippen LogP) is 3.70. The number of halogens is 2. The summed E-state index contributed by atoms with van der Waals surface area (Å²) < 4.78 is 0.804. The van der Waals surface area contributed by atoms with Crippen LogP contribution >= 0.6 is 27.5 Å². The Morgan fingerprint density at radius 1 is 1.04 bits per heavy atom. The summed E-state index contributed by atoms with van der Waals surface area (Å²) in [5, 5.41) is 2.72. The number of benzene rings is 2. The number of aliphatic imine (C=N–C) groups is 1. The molecule has 1 aliphatic heterocycles. The van der Waals surface area contributed by atoms with Gasteiger partial charge in [-0.1, -0.05) is 27.5 Å². The molecule has 1 aliphatic rings. The lowest BCUT2D eigenvalue weighted by Crippen LogP contribution is -2.58. The average molecular weight is 421 g/mol. The minimum atomic E-state index is -1.20. The van der Waals surface area contributed by atoms with Gasteiger partial charge in [0.25, 0.3) is 5.91 Å². The summed E-state index contributed by atoms with van der Waals surface area (Å²) >= 11 is 9.09. The fourth-order valence-corrected chi connectivity index (χ4v) is 2.63. The normalized spacial score (nSPS) is 17.9. The molecule has 1 atom stereocenters. The van der Waals surface area contributed by atoms with Crippen LogP contribution in [0, 0.1) is 5.92 Å². The van der Waals surface area contributed by atoms with Crippen LogP contribution in [0.5, 0.6) is 0 Å². The molecule has 1 heterocycles. The van der Waals surface area contributed by atoms with E-state index in [-0.39, 0.29) is 0 Å². The molecule has 126 valence electrons. The highest BCUT2D eigenvalue weighted by molar-refractivity contribution is 9.10. The van der Waals surface area contributed by atoms with Crippen molar-refractivity contribution in [1.29, 1.82) is 0 Å². The van der Waals surface area contributed by atoms with Crippen LogP contribution in [0.15, 0.2) is 58.0 Å². The molecule has 4 amide bonds. The second-order valence-electron chi connectivity index (χ2n) is 5.18. The molecular formula is C17H11BrClN3O3. The SMILES string of the molecule is O=C1NC(=O)N(c2ccc(Br)cc2)C(=O)[C@@H]1C=Nc1ccc(Cl)cc1. The van der Waals surface area contributed by atoms with Crippen molar-refractivity contribution in [3.8, 4) is 0 Å². The number of carbonyl (C=O) groups excluding carboxylic acids is 3. The molecule has 0 unspecified atom stereocenters. The number of imide groups is 2. The third-order valence-electron chi connectivity index (χ3n) is 3.49. The molecule has 8 heteroatoms. The summed E-state index contributed by atoms with van der Waals surface area (Å²) in [7, 11) is 0. The van der Waals surface area contributed by atoms with Gasteiger partial charge in [0.05, 0.1) is 11.4 Å². The number of rotatable bonds is 3. The zero-order valence-electron chi connectivity index (χ0n) is 12.6. The molecule has 1 saturated heterocycles. The number of nitrogens with one attached hydrogen (secondary N) is 1. The number of anilines is 1. The lowest BCUT2D eigenvalue weighted by atomic mass is 10.1. The number of nitrogens with zero attached hydrogens (tertiary/aromatic N) is 2. The summed E-state index contributed by atoms with van der Waals surface area (Å²) in [5.41, 5.74) is 0.903. The van der Waals surface area contributed by atoms with Gasteiger partial charge in [-0.3, -0.25) is 19.9 Å². The molecule has 1 fully saturated rings. The van der Waals surface area contributed by atoms with Gasteiger partial charge < -0.3 is 0 Å². The van der Waals surface area contributed by atoms with E-state index < -0.39 is 23.8 Å². The number of hydrogen-bond acceptors (Lipinski definition) is 4. The molecule has 0 aliphatic carbocycles. The van der Waals surface area contributed by atoms with Gasteiger partial charge in [-0.2, -0.15) is 0 Å². The van der Waals surface area contributed by atoms with Gasteiger partial charge in [-0.15, -0.1) is 0 Å². The van der Waals surface area contributed by atoms with Crippen LogP contribution < -0.4 is 10.2 Å². The largest absolute Gasteiger partial charge is 0.335 e. The second kappa shape index (κ2) is 7.16. The van der Waals surface area contributed by atoms with Crippen LogP contribution in [0.4, 0.5) is 16.2 Å². The van der Waals surface area contributed by atoms with Crippen molar-refractivity contribution in [1.82, 2.24) is 5.32 Å². The first-order chi connectivity index (χ1) is 12.0. The number of amides is 4. The van der Waals surface area contributed by atoms with Crippen molar-refractivity contribution >= 4 is 63.0 Å². The van der Waals surface area contributed by atoms with E-state index in [1.807, 2.05) is 0 Å². The molecule has 0 bridgehead atoms. The number of barbiturate groups is 1. The maximum absolute atomic E-state index is 12.6. The molecule has 0 aromatic heterocycles. The topological polar surface area (TPSA) is 78.8 Å². The van der Waals surface area contributed by atoms with Gasteiger partial charge in [-0.05, 0) is 48.5 Å². The zero-order valence-corrected chi connectivity index (χ0v) is 15.0. The van der Waals surface area contributed by atoms with Crippen molar-refractivity contribution in [2.75, 3.05) is 4.90 Å². The molecule has 0 spiro atoms. The summed E-state index contributed by atoms with van der Waals surface area (Å²) in [5.74, 6) is -2.56. The van der Waals surface area contributed by atoms with E-state index in [2.05, 4.69) is 26.2 Å². The van der Waals surface area contributed by atoms with Crippen LogP contribution in [0.3, 0.4) is 0 Å². The Labute approximate surface area is 156 Å². The Bertz CT molecular complexity index is 866. The fourth-order valence-electron chi connectivity index (χ4n) is 2.24.